The number of quaternary nitrogens is 2. The van der Waals surface area contributed by atoms with E-state index in [2.05, 4.69) is 0 Å². The minimum atomic E-state index is -0.556. The first-order chi connectivity index (χ1) is 10.4. The van der Waals surface area contributed by atoms with Crippen molar-refractivity contribution in [2.75, 3.05) is 81.8 Å². The van der Waals surface area contributed by atoms with E-state index < -0.39 is 12.2 Å². The molecule has 0 aliphatic rings. The number of halogens is 2. The highest BCUT2D eigenvalue weighted by Crippen LogP contribution is 2.04. The zero-order valence-electron chi connectivity index (χ0n) is 16.5. The normalized spacial score (nSPS) is 15.7. The monoisotopic (exact) mass is 408 g/mol. The molecule has 25 heavy (non-hydrogen) atoms. The maximum atomic E-state index is 9.96. The molecule has 0 fully saturated rings. The van der Waals surface area contributed by atoms with Crippen LogP contribution in [0.2, 0.25) is 0 Å². The molecule has 7 nitrogen and oxygen atoms in total. The molecule has 0 spiro atoms. The summed E-state index contributed by atoms with van der Waals surface area (Å²) in [7, 11) is 12.0. The smallest absolute Gasteiger partial charge is 0.126 e. The molecule has 0 radical (unpaired) electrons. The predicted octanol–water partition coefficient (Wildman–Crippen LogP) is -7.09. The van der Waals surface area contributed by atoms with E-state index in [1.807, 2.05) is 42.3 Å². The average Bonchev–Trinajstić information content (AvgIpc) is 2.31. The molecule has 0 aromatic carbocycles. The molecular weight excluding hydrogens is 371 g/mol. The van der Waals surface area contributed by atoms with Gasteiger partial charge in [-0.1, -0.05) is 0 Å². The van der Waals surface area contributed by atoms with E-state index in [0.29, 0.717) is 35.1 Å². The Balaban J connectivity index is -0.00000242. The van der Waals surface area contributed by atoms with Crippen LogP contribution in [0.15, 0.2) is 0 Å². The number of rotatable bonds is 13. The van der Waals surface area contributed by atoms with Crippen molar-refractivity contribution < 1.29 is 58.6 Å². The molecule has 0 heterocycles. The van der Waals surface area contributed by atoms with Crippen LogP contribution in [0.3, 0.4) is 0 Å². The lowest BCUT2D eigenvalue weighted by atomic mass is 10.2. The van der Waals surface area contributed by atoms with Gasteiger partial charge in [0.25, 0.3) is 0 Å². The van der Waals surface area contributed by atoms with E-state index >= 15 is 0 Å². The second kappa shape index (κ2) is 14.4. The van der Waals surface area contributed by atoms with Gasteiger partial charge in [-0.25, -0.2) is 0 Å². The van der Waals surface area contributed by atoms with E-state index in [9.17, 15) is 10.2 Å². The van der Waals surface area contributed by atoms with Crippen molar-refractivity contribution in [3.8, 4) is 0 Å². The molecule has 0 rings (SSSR count). The molecule has 0 saturated heterocycles. The Morgan fingerprint density at radius 3 is 1.60 bits per heavy atom. The van der Waals surface area contributed by atoms with Gasteiger partial charge in [-0.15, -0.1) is 0 Å². The third-order valence-corrected chi connectivity index (χ3v) is 3.11. The Labute approximate surface area is 165 Å². The summed E-state index contributed by atoms with van der Waals surface area (Å²) in [6.45, 7) is 1.95. The molecule has 0 bridgehead atoms. The van der Waals surface area contributed by atoms with Gasteiger partial charge in [0.1, 0.15) is 25.3 Å². The number of aliphatic hydroxyl groups excluding tert-OH is 3. The summed E-state index contributed by atoms with van der Waals surface area (Å²) in [4.78, 5) is 0. The maximum Gasteiger partial charge on any atom is 0.126 e. The second-order valence-corrected chi connectivity index (χ2v) is 8.26. The van der Waals surface area contributed by atoms with E-state index in [1.54, 1.807) is 0 Å². The third kappa shape index (κ3) is 20.5. The van der Waals surface area contributed by atoms with E-state index in [4.69, 9.17) is 14.6 Å². The van der Waals surface area contributed by atoms with Crippen LogP contribution < -0.4 is 24.8 Å². The van der Waals surface area contributed by atoms with Crippen LogP contribution in [-0.2, 0) is 9.47 Å². The zero-order chi connectivity index (χ0) is 18.1. The number of hydrogen-bond acceptors (Lipinski definition) is 5. The summed E-state index contributed by atoms with van der Waals surface area (Å²) >= 11 is 0. The molecule has 0 aliphatic heterocycles. The lowest BCUT2D eigenvalue weighted by Gasteiger charge is -2.28. The maximum absolute atomic E-state index is 9.96. The third-order valence-electron chi connectivity index (χ3n) is 3.11. The molecule has 3 atom stereocenters. The quantitative estimate of drug-likeness (QED) is 0.264. The largest absolute Gasteiger partial charge is 1.00 e. The van der Waals surface area contributed by atoms with E-state index in [1.165, 1.54) is 0 Å². The van der Waals surface area contributed by atoms with Gasteiger partial charge in [0, 0.05) is 6.61 Å². The van der Waals surface area contributed by atoms with E-state index in [0.717, 1.165) is 0 Å². The molecule has 156 valence electrons. The van der Waals surface area contributed by atoms with Crippen molar-refractivity contribution in [3.63, 3.8) is 0 Å². The zero-order valence-corrected chi connectivity index (χ0v) is 18.0. The van der Waals surface area contributed by atoms with Gasteiger partial charge in [0.15, 0.2) is 0 Å². The minimum Gasteiger partial charge on any atom is -1.00 e. The van der Waals surface area contributed by atoms with Crippen LogP contribution >= 0.6 is 0 Å². The number of nitrogens with zero attached hydrogens (tertiary/aromatic N) is 2. The summed E-state index contributed by atoms with van der Waals surface area (Å²) < 4.78 is 12.5. The highest BCUT2D eigenvalue weighted by molar-refractivity contribution is 4.61. The fourth-order valence-corrected chi connectivity index (χ4v) is 2.31. The van der Waals surface area contributed by atoms with Crippen LogP contribution in [0.4, 0.5) is 0 Å². The molecule has 0 amide bonds. The first kappa shape index (κ1) is 30.0. The van der Waals surface area contributed by atoms with Gasteiger partial charge >= 0.3 is 0 Å². The summed E-state index contributed by atoms with van der Waals surface area (Å²) in [6.07, 6.45) is -0.922. The summed E-state index contributed by atoms with van der Waals surface area (Å²) in [5.41, 5.74) is 0. The summed E-state index contributed by atoms with van der Waals surface area (Å²) in [6, 6.07) is 0. The van der Waals surface area contributed by atoms with Gasteiger partial charge in [-0.2, -0.15) is 0 Å². The van der Waals surface area contributed by atoms with Crippen LogP contribution in [0.25, 0.3) is 0 Å². The summed E-state index contributed by atoms with van der Waals surface area (Å²) in [5.74, 6) is 0. The molecule has 0 aliphatic carbocycles. The topological polar surface area (TPSA) is 79.2 Å². The first-order valence-corrected chi connectivity index (χ1v) is 8.20. The highest BCUT2D eigenvalue weighted by Gasteiger charge is 2.19. The van der Waals surface area contributed by atoms with Crippen LogP contribution in [0, 0.1) is 0 Å². The van der Waals surface area contributed by atoms with Crippen molar-refractivity contribution >= 4 is 0 Å². The van der Waals surface area contributed by atoms with Gasteiger partial charge in [0.2, 0.25) is 0 Å². The number of ether oxygens (including phenoxy) is 2. The fraction of sp³-hybridized carbons (Fsp3) is 1.00. The molecule has 0 aromatic rings. The Bertz CT molecular complexity index is 312. The van der Waals surface area contributed by atoms with Crippen LogP contribution in [0.1, 0.15) is 6.42 Å². The Kier molecular flexibility index (Phi) is 17.3. The molecular formula is C16H38Cl2N2O5. The van der Waals surface area contributed by atoms with Gasteiger partial charge in [-0.05, 0) is 6.42 Å². The summed E-state index contributed by atoms with van der Waals surface area (Å²) in [5, 5.41) is 29.0. The molecule has 0 saturated carbocycles. The van der Waals surface area contributed by atoms with Crippen LogP contribution in [0.5, 0.6) is 0 Å². The van der Waals surface area contributed by atoms with Gasteiger partial charge in [-0.3, -0.25) is 0 Å². The lowest BCUT2D eigenvalue weighted by molar-refractivity contribution is -0.873. The van der Waals surface area contributed by atoms with Gasteiger partial charge < -0.3 is 58.6 Å². The molecule has 3 N–H and O–H groups in total. The highest BCUT2D eigenvalue weighted by atomic mass is 35.5. The van der Waals surface area contributed by atoms with Crippen molar-refractivity contribution in [1.29, 1.82) is 0 Å². The van der Waals surface area contributed by atoms with Crippen LogP contribution in [-0.4, -0.2) is 124 Å². The second-order valence-electron chi connectivity index (χ2n) is 8.26. The Hall–Kier alpha value is 0.300. The number of likely N-dealkylation sites (N-methyl/N-ethyl adjacent to an activating group) is 2. The minimum absolute atomic E-state index is 0. The molecule has 3 unspecified atom stereocenters. The number of hydrogen-bond donors (Lipinski definition) is 3. The van der Waals surface area contributed by atoms with Crippen molar-refractivity contribution in [2.45, 2.75) is 24.7 Å². The molecule has 9 heteroatoms. The molecule has 0 aromatic heterocycles. The fourth-order valence-electron chi connectivity index (χ4n) is 2.31. The van der Waals surface area contributed by atoms with Gasteiger partial charge in [0.05, 0.1) is 68.2 Å². The SMILES string of the molecule is C[N+](C)(C)CC(O)COCC(CCO)OCC(O)C[N+](C)(C)C.[Cl-].[Cl-]. The first-order valence-electron chi connectivity index (χ1n) is 8.20. The lowest BCUT2D eigenvalue weighted by Crippen LogP contribution is -3.00. The predicted molar refractivity (Wildman–Crippen MR) is 90.1 cm³/mol. The van der Waals surface area contributed by atoms with E-state index in [-0.39, 0.29) is 50.7 Å². The van der Waals surface area contributed by atoms with Crippen molar-refractivity contribution in [2.24, 2.45) is 0 Å². The number of aliphatic hydroxyl groups is 3. The average molecular weight is 409 g/mol. The Morgan fingerprint density at radius 2 is 1.20 bits per heavy atom. The standard InChI is InChI=1S/C16H38N2O5.2ClH/c1-17(2,3)9-14(20)11-22-13-16(7-8-19)23-12-15(21)10-18(4,5)6;;/h14-16,19-21H,7-13H2,1-6H3;2*1H/q+2;;/p-2. The van der Waals surface area contributed by atoms with Crippen molar-refractivity contribution in [1.82, 2.24) is 0 Å². The Morgan fingerprint density at radius 1 is 0.760 bits per heavy atom. The van der Waals surface area contributed by atoms with Crippen molar-refractivity contribution in [3.05, 3.63) is 0 Å².